The van der Waals surface area contributed by atoms with E-state index in [9.17, 15) is 26.7 Å². The largest absolute Gasteiger partial charge is 0.456 e. The molecule has 0 unspecified atom stereocenters. The number of rotatable bonds is 6. The van der Waals surface area contributed by atoms with Crippen LogP contribution in [0.4, 0.5) is 22.0 Å². The van der Waals surface area contributed by atoms with Crippen molar-refractivity contribution in [1.82, 2.24) is 9.97 Å². The topological polar surface area (TPSA) is 90.5 Å². The molecule has 0 saturated heterocycles. The molecule has 11 heteroatoms. The van der Waals surface area contributed by atoms with Crippen LogP contribution in [0.3, 0.4) is 0 Å². The summed E-state index contributed by atoms with van der Waals surface area (Å²) < 4.78 is 72.4. The van der Waals surface area contributed by atoms with Gasteiger partial charge >= 0.3 is 0 Å². The van der Waals surface area contributed by atoms with Gasteiger partial charge in [-0.25, -0.2) is 31.9 Å². The van der Waals surface area contributed by atoms with Crippen LogP contribution >= 0.6 is 0 Å². The Hall–Kier alpha value is -3.11. The number of hydrogen-bond acceptors (Lipinski definition) is 6. The van der Waals surface area contributed by atoms with E-state index in [1.165, 1.54) is 19.1 Å². The summed E-state index contributed by atoms with van der Waals surface area (Å²) in [5.74, 6) is -1.40. The Bertz CT molecular complexity index is 970. The van der Waals surface area contributed by atoms with Gasteiger partial charge < -0.3 is 10.5 Å². The standard InChI is InChI=1S/C19H17F5N4O2/c1-19(16(22)15(6-20)30-18(25)28-19)10-4-9(2-3-11(10)21)5-14(29)12-7-27-13(8-26-12)17(23)24/h2-4,7-8,15-17H,5-6H2,1H3,(H2,25,28)/t15-,16+,19-/m1/s1. The van der Waals surface area contributed by atoms with Crippen LogP contribution < -0.4 is 5.73 Å². The average molecular weight is 428 g/mol. The van der Waals surface area contributed by atoms with Crippen LogP contribution in [0, 0.1) is 5.82 Å². The zero-order valence-electron chi connectivity index (χ0n) is 15.7. The smallest absolute Gasteiger partial charge is 0.283 e. The Labute approximate surface area is 168 Å². The summed E-state index contributed by atoms with van der Waals surface area (Å²) in [6.07, 6.45) is -4.99. The Morgan fingerprint density at radius 3 is 2.63 bits per heavy atom. The second-order valence-electron chi connectivity index (χ2n) is 6.85. The van der Waals surface area contributed by atoms with E-state index in [1.807, 2.05) is 0 Å². The molecule has 160 valence electrons. The zero-order chi connectivity index (χ0) is 22.1. The van der Waals surface area contributed by atoms with Crippen molar-refractivity contribution in [2.24, 2.45) is 10.7 Å². The molecule has 1 aliphatic heterocycles. The van der Waals surface area contributed by atoms with E-state index in [1.54, 1.807) is 0 Å². The fourth-order valence-electron chi connectivity index (χ4n) is 3.15. The van der Waals surface area contributed by atoms with Crippen molar-refractivity contribution in [2.45, 2.75) is 37.6 Å². The number of aromatic nitrogens is 2. The molecule has 3 atom stereocenters. The number of ether oxygens (including phenoxy) is 1. The van der Waals surface area contributed by atoms with Gasteiger partial charge in [-0.3, -0.25) is 9.78 Å². The number of ketones is 1. The van der Waals surface area contributed by atoms with Gasteiger partial charge in [-0.15, -0.1) is 0 Å². The van der Waals surface area contributed by atoms with Gasteiger partial charge in [-0.1, -0.05) is 6.07 Å². The molecule has 30 heavy (non-hydrogen) atoms. The average Bonchev–Trinajstić information content (AvgIpc) is 2.72. The van der Waals surface area contributed by atoms with Gasteiger partial charge in [-0.05, 0) is 24.6 Å². The Balaban J connectivity index is 1.90. The highest BCUT2D eigenvalue weighted by molar-refractivity contribution is 5.95. The van der Waals surface area contributed by atoms with Crippen LogP contribution in [0.15, 0.2) is 35.6 Å². The highest BCUT2D eigenvalue weighted by atomic mass is 19.3. The molecular weight excluding hydrogens is 411 g/mol. The number of benzene rings is 1. The first kappa shape index (κ1) is 21.6. The normalized spacial score (nSPS) is 23.8. The summed E-state index contributed by atoms with van der Waals surface area (Å²) in [7, 11) is 0. The molecule has 0 aliphatic carbocycles. The Morgan fingerprint density at radius 1 is 1.30 bits per heavy atom. The number of alkyl halides is 4. The van der Waals surface area contributed by atoms with Gasteiger partial charge in [-0.2, -0.15) is 0 Å². The highest BCUT2D eigenvalue weighted by Crippen LogP contribution is 2.38. The third kappa shape index (κ3) is 4.10. The maximum absolute atomic E-state index is 14.9. The minimum atomic E-state index is -2.82. The van der Waals surface area contributed by atoms with E-state index >= 15 is 0 Å². The van der Waals surface area contributed by atoms with E-state index in [2.05, 4.69) is 15.0 Å². The van der Waals surface area contributed by atoms with Crippen LogP contribution in [-0.2, 0) is 16.7 Å². The summed E-state index contributed by atoms with van der Waals surface area (Å²) in [6.45, 7) is 0.0499. The van der Waals surface area contributed by atoms with Crippen LogP contribution in [0.1, 0.15) is 40.7 Å². The lowest BCUT2D eigenvalue weighted by Crippen LogP contribution is -2.50. The molecule has 2 aromatic rings. The Morgan fingerprint density at radius 2 is 2.03 bits per heavy atom. The predicted molar refractivity (Wildman–Crippen MR) is 96.1 cm³/mol. The van der Waals surface area contributed by atoms with Gasteiger partial charge in [0.2, 0.25) is 0 Å². The number of carbonyl (C=O) groups is 1. The van der Waals surface area contributed by atoms with E-state index in [4.69, 9.17) is 10.5 Å². The summed E-state index contributed by atoms with van der Waals surface area (Å²) in [5, 5.41) is 0. The molecule has 6 nitrogen and oxygen atoms in total. The molecule has 0 bridgehead atoms. The number of carbonyl (C=O) groups excluding carboxylic acids is 1. The minimum Gasteiger partial charge on any atom is -0.456 e. The maximum Gasteiger partial charge on any atom is 0.283 e. The molecule has 0 fully saturated rings. The van der Waals surface area contributed by atoms with Crippen LogP contribution in [0.2, 0.25) is 0 Å². The first-order valence-electron chi connectivity index (χ1n) is 8.80. The van der Waals surface area contributed by atoms with Crippen LogP contribution in [0.5, 0.6) is 0 Å². The van der Waals surface area contributed by atoms with E-state index in [-0.39, 0.29) is 23.2 Å². The zero-order valence-corrected chi connectivity index (χ0v) is 15.7. The number of nitrogens with two attached hydrogens (primary N) is 1. The molecule has 2 N–H and O–H groups in total. The SMILES string of the molecule is C[C@]1(c2cc(CC(=O)c3cnc(C(F)F)cn3)ccc2F)N=C(N)O[C@H](CF)[C@@H]1F. The molecule has 0 radical (unpaired) electrons. The summed E-state index contributed by atoms with van der Waals surface area (Å²) in [4.78, 5) is 23.4. The molecule has 1 aromatic carbocycles. The van der Waals surface area contributed by atoms with Crippen molar-refractivity contribution < 1.29 is 31.5 Å². The van der Waals surface area contributed by atoms with Gasteiger partial charge in [0.1, 0.15) is 29.4 Å². The van der Waals surface area contributed by atoms with Gasteiger partial charge in [0.15, 0.2) is 18.1 Å². The number of halogens is 5. The molecule has 1 aromatic heterocycles. The van der Waals surface area contributed by atoms with Crippen molar-refractivity contribution in [3.05, 3.63) is 58.9 Å². The van der Waals surface area contributed by atoms with Crippen molar-refractivity contribution in [2.75, 3.05) is 6.67 Å². The van der Waals surface area contributed by atoms with Gasteiger partial charge in [0, 0.05) is 12.0 Å². The molecular formula is C19H17F5N4O2. The summed E-state index contributed by atoms with van der Waals surface area (Å²) in [5.41, 5.74) is 2.94. The second kappa shape index (κ2) is 8.33. The van der Waals surface area contributed by atoms with Crippen molar-refractivity contribution in [1.29, 1.82) is 0 Å². The lowest BCUT2D eigenvalue weighted by molar-refractivity contribution is 0.00449. The van der Waals surface area contributed by atoms with Crippen molar-refractivity contribution in [3.8, 4) is 0 Å². The lowest BCUT2D eigenvalue weighted by atomic mass is 9.83. The van der Waals surface area contributed by atoms with Gasteiger partial charge in [0.25, 0.3) is 12.4 Å². The molecule has 0 amide bonds. The first-order valence-corrected chi connectivity index (χ1v) is 8.80. The number of Topliss-reactive ketones (excluding diaryl/α,β-unsaturated/α-hetero) is 1. The first-order chi connectivity index (χ1) is 14.2. The number of hydrogen-bond donors (Lipinski definition) is 1. The quantitative estimate of drug-likeness (QED) is 0.564. The number of nitrogens with zero attached hydrogens (tertiary/aromatic N) is 3. The molecule has 2 heterocycles. The summed E-state index contributed by atoms with van der Waals surface area (Å²) in [6, 6.07) is 3.06. The lowest BCUT2D eigenvalue weighted by Gasteiger charge is -2.37. The van der Waals surface area contributed by atoms with Gasteiger partial charge in [0.05, 0.1) is 12.4 Å². The molecule has 1 aliphatic rings. The van der Waals surface area contributed by atoms with E-state index in [0.29, 0.717) is 0 Å². The monoisotopic (exact) mass is 428 g/mol. The van der Waals surface area contributed by atoms with Crippen LogP contribution in [-0.4, -0.2) is 40.7 Å². The molecule has 0 saturated carbocycles. The van der Waals surface area contributed by atoms with E-state index in [0.717, 1.165) is 18.5 Å². The van der Waals surface area contributed by atoms with E-state index < -0.39 is 54.2 Å². The van der Waals surface area contributed by atoms with Crippen molar-refractivity contribution in [3.63, 3.8) is 0 Å². The maximum atomic E-state index is 14.9. The third-order valence-electron chi connectivity index (χ3n) is 4.75. The van der Waals surface area contributed by atoms with Crippen LogP contribution in [0.25, 0.3) is 0 Å². The predicted octanol–water partition coefficient (Wildman–Crippen LogP) is 3.22. The number of aliphatic imine (C=N–C) groups is 1. The third-order valence-corrected chi connectivity index (χ3v) is 4.75. The molecule has 0 spiro atoms. The molecule has 3 rings (SSSR count). The highest BCUT2D eigenvalue weighted by Gasteiger charge is 2.48. The second-order valence-corrected chi connectivity index (χ2v) is 6.85. The number of amidine groups is 1. The van der Waals surface area contributed by atoms with Crippen molar-refractivity contribution >= 4 is 11.8 Å². The summed E-state index contributed by atoms with van der Waals surface area (Å²) >= 11 is 0. The Kier molecular flexibility index (Phi) is 5.99. The fraction of sp³-hybridized carbons (Fsp3) is 0.368. The minimum absolute atomic E-state index is 0.161. The fourth-order valence-corrected chi connectivity index (χ4v) is 3.15.